The van der Waals surface area contributed by atoms with E-state index >= 15 is 0 Å². The summed E-state index contributed by atoms with van der Waals surface area (Å²) >= 11 is 0. The van der Waals surface area contributed by atoms with Crippen LogP contribution >= 0.6 is 0 Å². The van der Waals surface area contributed by atoms with Gasteiger partial charge in [0.1, 0.15) is 0 Å². The zero-order valence-corrected chi connectivity index (χ0v) is 35.1. The van der Waals surface area contributed by atoms with Crippen LogP contribution in [0.25, 0.3) is 0 Å². The van der Waals surface area contributed by atoms with E-state index in [1.807, 2.05) is 0 Å². The molecule has 0 saturated carbocycles. The first-order chi connectivity index (χ1) is 21.9. The largest absolute Gasteiger partial charge is 0.328 e. The van der Waals surface area contributed by atoms with Crippen molar-refractivity contribution in [3.05, 3.63) is 0 Å². The molecule has 0 spiro atoms. The summed E-state index contributed by atoms with van der Waals surface area (Å²) in [6, 6.07) is 0. The van der Waals surface area contributed by atoms with Gasteiger partial charge in [-0.3, -0.25) is 0 Å². The normalized spacial score (nSPS) is 12.9. The van der Waals surface area contributed by atoms with Gasteiger partial charge in [0.2, 0.25) is 0 Å². The molecule has 0 aliphatic rings. The quantitative estimate of drug-likeness (QED) is 0.0354. The van der Waals surface area contributed by atoms with Gasteiger partial charge in [0.25, 0.3) is 0 Å². The van der Waals surface area contributed by atoms with E-state index in [-0.39, 0.29) is 0 Å². The monoisotopic (exact) mass is 651 g/mol. The SMILES string of the molecule is CCCCCCCCCCCCCCCCCC[N+](C)(C)CCCCCCCCCCCCCCCCCC([SiH3])CCC(C)C. The Morgan fingerprint density at radius 3 is 0.911 bits per heavy atom. The van der Waals surface area contributed by atoms with E-state index in [2.05, 4.69) is 34.9 Å². The number of hydrogen-bond donors (Lipinski definition) is 0. The van der Waals surface area contributed by atoms with Crippen LogP contribution in [-0.4, -0.2) is 41.9 Å². The van der Waals surface area contributed by atoms with Crippen LogP contribution in [0.5, 0.6) is 0 Å². The lowest BCUT2D eigenvalue weighted by Gasteiger charge is -2.30. The standard InChI is InChI=1S/C43H92NSi/c1-6-7-8-9-10-11-12-13-14-17-20-23-26-29-32-35-40-44(4,5)41-36-33-30-27-24-21-18-15-16-19-22-25-28-31-34-37-43(45)39-38-42(2)3/h42-43H,6-41H2,1-5,45H3/q+1. The van der Waals surface area contributed by atoms with Crippen LogP contribution in [0.4, 0.5) is 0 Å². The molecular weight excluding hydrogens is 559 g/mol. The smallest absolute Gasteiger partial charge is 0.0782 e. The molecular formula is C43H92NSi+. The summed E-state index contributed by atoms with van der Waals surface area (Å²) < 4.78 is 1.25. The van der Waals surface area contributed by atoms with Crippen LogP contribution in [0.15, 0.2) is 0 Å². The summed E-state index contributed by atoms with van der Waals surface area (Å²) in [5.74, 6) is 0.900. The fourth-order valence-electron chi connectivity index (χ4n) is 7.29. The lowest BCUT2D eigenvalue weighted by atomic mass is 10.0. The molecule has 1 unspecified atom stereocenters. The summed E-state index contributed by atoms with van der Waals surface area (Å²) in [7, 11) is 6.36. The highest BCUT2D eigenvalue weighted by Gasteiger charge is 2.13. The second kappa shape index (κ2) is 35.5. The minimum atomic E-state index is 0.900. The molecule has 0 fully saturated rings. The lowest BCUT2D eigenvalue weighted by Crippen LogP contribution is -2.41. The Kier molecular flexibility index (Phi) is 35.6. The Labute approximate surface area is 291 Å². The molecule has 0 aromatic rings. The third kappa shape index (κ3) is 38.5. The summed E-state index contributed by atoms with van der Waals surface area (Å²) in [5, 5.41) is 0. The number of rotatable bonds is 38. The first-order valence-corrected chi connectivity index (χ1v) is 22.8. The summed E-state index contributed by atoms with van der Waals surface area (Å²) in [6.07, 6.45) is 50.2. The van der Waals surface area contributed by atoms with Crippen molar-refractivity contribution in [2.24, 2.45) is 5.92 Å². The highest BCUT2D eigenvalue weighted by Crippen LogP contribution is 2.21. The molecule has 0 aromatic heterocycles. The summed E-state index contributed by atoms with van der Waals surface area (Å²) in [4.78, 5) is 0. The number of unbranched alkanes of at least 4 members (excludes halogenated alkanes) is 29. The number of hydrogen-bond acceptors (Lipinski definition) is 0. The average Bonchev–Trinajstić information content (AvgIpc) is 3.01. The van der Waals surface area contributed by atoms with E-state index in [1.54, 1.807) is 0 Å². The molecule has 0 bridgehead atoms. The van der Waals surface area contributed by atoms with Gasteiger partial charge in [0, 0.05) is 10.2 Å². The molecule has 0 amide bonds. The van der Waals surface area contributed by atoms with Gasteiger partial charge in [-0.15, -0.1) is 0 Å². The van der Waals surface area contributed by atoms with Crippen LogP contribution in [-0.2, 0) is 0 Å². The van der Waals surface area contributed by atoms with Gasteiger partial charge < -0.3 is 4.48 Å². The molecule has 0 radical (unpaired) electrons. The zero-order valence-electron chi connectivity index (χ0n) is 33.1. The molecule has 1 atom stereocenters. The Bertz CT molecular complexity index is 544. The fourth-order valence-corrected chi connectivity index (χ4v) is 8.03. The van der Waals surface area contributed by atoms with Crippen LogP contribution in [0.2, 0.25) is 5.54 Å². The molecule has 1 nitrogen and oxygen atoms in total. The Morgan fingerprint density at radius 1 is 0.356 bits per heavy atom. The van der Waals surface area contributed by atoms with E-state index < -0.39 is 0 Å². The highest BCUT2D eigenvalue weighted by molar-refractivity contribution is 6.11. The van der Waals surface area contributed by atoms with Crippen molar-refractivity contribution in [3.8, 4) is 0 Å². The molecule has 0 N–H and O–H groups in total. The van der Waals surface area contributed by atoms with Crippen molar-refractivity contribution >= 4 is 10.2 Å². The Morgan fingerprint density at radius 2 is 0.622 bits per heavy atom. The van der Waals surface area contributed by atoms with Crippen molar-refractivity contribution in [2.75, 3.05) is 27.2 Å². The number of quaternary nitrogens is 1. The Hall–Kier alpha value is 0.177. The van der Waals surface area contributed by atoms with Gasteiger partial charge in [-0.05, 0) is 31.6 Å². The van der Waals surface area contributed by atoms with E-state index in [1.165, 1.54) is 246 Å². The van der Waals surface area contributed by atoms with Gasteiger partial charge in [-0.2, -0.15) is 0 Å². The van der Waals surface area contributed by atoms with E-state index in [4.69, 9.17) is 0 Å². The fraction of sp³-hybridized carbons (Fsp3) is 1.00. The second-order valence-electron chi connectivity index (χ2n) is 16.9. The molecule has 45 heavy (non-hydrogen) atoms. The van der Waals surface area contributed by atoms with Gasteiger partial charge in [0.15, 0.2) is 0 Å². The van der Waals surface area contributed by atoms with E-state index in [0.717, 1.165) is 11.5 Å². The van der Waals surface area contributed by atoms with E-state index in [0.29, 0.717) is 0 Å². The first kappa shape index (κ1) is 45.2. The third-order valence-corrected chi connectivity index (χ3v) is 12.0. The molecule has 0 rings (SSSR count). The molecule has 0 aliphatic heterocycles. The van der Waals surface area contributed by atoms with Crippen LogP contribution in [0, 0.1) is 5.92 Å². The second-order valence-corrected chi connectivity index (χ2v) is 18.5. The van der Waals surface area contributed by atoms with Crippen LogP contribution < -0.4 is 0 Å². The molecule has 0 aliphatic carbocycles. The van der Waals surface area contributed by atoms with Crippen molar-refractivity contribution < 1.29 is 4.48 Å². The highest BCUT2D eigenvalue weighted by atomic mass is 28.1. The first-order valence-electron chi connectivity index (χ1n) is 21.7. The Balaban J connectivity index is 3.29. The van der Waals surface area contributed by atoms with Crippen molar-refractivity contribution in [2.45, 2.75) is 245 Å². The van der Waals surface area contributed by atoms with Crippen LogP contribution in [0.3, 0.4) is 0 Å². The average molecular weight is 651 g/mol. The molecule has 0 heterocycles. The van der Waals surface area contributed by atoms with Gasteiger partial charge >= 0.3 is 0 Å². The third-order valence-electron chi connectivity index (χ3n) is 10.8. The summed E-state index contributed by atoms with van der Waals surface area (Å²) in [6.45, 7) is 9.83. The minimum Gasteiger partial charge on any atom is -0.328 e. The van der Waals surface area contributed by atoms with Crippen molar-refractivity contribution in [1.29, 1.82) is 0 Å². The lowest BCUT2D eigenvalue weighted by molar-refractivity contribution is -0.890. The minimum absolute atomic E-state index is 0.900. The van der Waals surface area contributed by atoms with Crippen molar-refractivity contribution in [1.82, 2.24) is 0 Å². The molecule has 2 heteroatoms. The summed E-state index contributed by atoms with van der Waals surface area (Å²) in [5.41, 5.74) is 1.09. The number of nitrogens with zero attached hydrogens (tertiary/aromatic N) is 1. The molecule has 0 aromatic carbocycles. The van der Waals surface area contributed by atoms with E-state index in [9.17, 15) is 0 Å². The predicted molar refractivity (Wildman–Crippen MR) is 213 cm³/mol. The maximum atomic E-state index is 2.48. The molecule has 272 valence electrons. The van der Waals surface area contributed by atoms with Gasteiger partial charge in [-0.25, -0.2) is 0 Å². The van der Waals surface area contributed by atoms with Gasteiger partial charge in [0.05, 0.1) is 27.2 Å². The molecule has 0 saturated heterocycles. The van der Waals surface area contributed by atoms with Gasteiger partial charge in [-0.1, -0.05) is 219 Å². The topological polar surface area (TPSA) is 0 Å². The predicted octanol–water partition coefficient (Wildman–Crippen LogP) is 14.2. The maximum Gasteiger partial charge on any atom is 0.0782 e. The maximum absolute atomic E-state index is 2.48. The van der Waals surface area contributed by atoms with Crippen LogP contribution in [0.1, 0.15) is 239 Å². The van der Waals surface area contributed by atoms with Crippen molar-refractivity contribution in [3.63, 3.8) is 0 Å². The zero-order chi connectivity index (χ0) is 33.1.